The Labute approximate surface area is 180 Å². The molecule has 1 atom stereocenters. The first kappa shape index (κ1) is 22.9. The van der Waals surface area contributed by atoms with E-state index in [0.717, 1.165) is 11.6 Å². The van der Waals surface area contributed by atoms with Gasteiger partial charge in [0.05, 0.1) is 38.4 Å². The predicted molar refractivity (Wildman–Crippen MR) is 113 cm³/mol. The standard InChI is InChI=1S/C20H25N3O7S/c1-28-16-5-3-15(4-6-16)19(22-9-11-30-12-10-22)14-21-31(26,27)20-8-7-17(29-2)13-18(20)23(24)25/h3-8,13,19,21H,9-12,14H2,1-2H3. The van der Waals surface area contributed by atoms with Crippen LogP contribution in [-0.4, -0.2) is 65.3 Å². The second-order valence-corrected chi connectivity index (χ2v) is 8.62. The fourth-order valence-electron chi connectivity index (χ4n) is 3.43. The summed E-state index contributed by atoms with van der Waals surface area (Å²) in [6, 6.07) is 10.8. The minimum Gasteiger partial charge on any atom is -0.497 e. The highest BCUT2D eigenvalue weighted by Gasteiger charge is 2.29. The van der Waals surface area contributed by atoms with E-state index in [-0.39, 0.29) is 18.3 Å². The van der Waals surface area contributed by atoms with Crippen molar-refractivity contribution in [2.24, 2.45) is 0 Å². The maximum absolute atomic E-state index is 13.0. The van der Waals surface area contributed by atoms with Crippen LogP contribution in [0.2, 0.25) is 0 Å². The van der Waals surface area contributed by atoms with Gasteiger partial charge in [-0.25, -0.2) is 13.1 Å². The summed E-state index contributed by atoms with van der Waals surface area (Å²) in [6.45, 7) is 2.41. The van der Waals surface area contributed by atoms with E-state index in [2.05, 4.69) is 9.62 Å². The van der Waals surface area contributed by atoms with E-state index >= 15 is 0 Å². The Bertz CT molecular complexity index is 1010. The number of hydrogen-bond acceptors (Lipinski definition) is 8. The monoisotopic (exact) mass is 451 g/mol. The van der Waals surface area contributed by atoms with Crippen LogP contribution in [0.15, 0.2) is 47.4 Å². The molecule has 0 radical (unpaired) electrons. The van der Waals surface area contributed by atoms with Crippen LogP contribution >= 0.6 is 0 Å². The maximum Gasteiger partial charge on any atom is 0.293 e. The van der Waals surface area contributed by atoms with E-state index in [1.54, 1.807) is 7.11 Å². The number of benzene rings is 2. The van der Waals surface area contributed by atoms with E-state index in [1.807, 2.05) is 24.3 Å². The van der Waals surface area contributed by atoms with Crippen LogP contribution in [-0.2, 0) is 14.8 Å². The second kappa shape index (κ2) is 10.1. The Morgan fingerprint density at radius 2 is 1.71 bits per heavy atom. The van der Waals surface area contributed by atoms with Gasteiger partial charge >= 0.3 is 0 Å². The van der Waals surface area contributed by atoms with E-state index in [9.17, 15) is 18.5 Å². The molecule has 3 rings (SSSR count). The molecule has 31 heavy (non-hydrogen) atoms. The van der Waals surface area contributed by atoms with Crippen LogP contribution in [0.1, 0.15) is 11.6 Å². The third kappa shape index (κ3) is 5.50. The Morgan fingerprint density at radius 3 is 2.29 bits per heavy atom. The lowest BCUT2D eigenvalue weighted by atomic mass is 10.0. The Kier molecular flexibility index (Phi) is 7.44. The normalized spacial score (nSPS) is 15.9. The number of nitrogens with one attached hydrogen (secondary N) is 1. The summed E-state index contributed by atoms with van der Waals surface area (Å²) < 4.78 is 44.1. The number of rotatable bonds is 9. The van der Waals surface area contributed by atoms with Crippen LogP contribution < -0.4 is 14.2 Å². The zero-order valence-electron chi connectivity index (χ0n) is 17.3. The van der Waals surface area contributed by atoms with Crippen LogP contribution in [0.25, 0.3) is 0 Å². The van der Waals surface area contributed by atoms with Gasteiger partial charge in [0, 0.05) is 25.7 Å². The number of nitro groups is 1. The highest BCUT2D eigenvalue weighted by molar-refractivity contribution is 7.89. The Morgan fingerprint density at radius 1 is 1.10 bits per heavy atom. The lowest BCUT2D eigenvalue weighted by molar-refractivity contribution is -0.387. The Balaban J connectivity index is 1.87. The molecule has 0 aliphatic carbocycles. The molecule has 1 fully saturated rings. The molecule has 2 aromatic carbocycles. The number of nitro benzene ring substituents is 1. The highest BCUT2D eigenvalue weighted by Crippen LogP contribution is 2.29. The first-order valence-corrected chi connectivity index (χ1v) is 11.1. The molecule has 168 valence electrons. The number of methoxy groups -OCH3 is 2. The summed E-state index contributed by atoms with van der Waals surface area (Å²) in [5, 5.41) is 11.4. The fourth-order valence-corrected chi connectivity index (χ4v) is 4.62. The molecule has 1 saturated heterocycles. The summed E-state index contributed by atoms with van der Waals surface area (Å²) in [6.07, 6.45) is 0. The molecule has 11 heteroatoms. The number of hydrogen-bond donors (Lipinski definition) is 1. The summed E-state index contributed by atoms with van der Waals surface area (Å²) in [4.78, 5) is 12.4. The Hall–Kier alpha value is -2.73. The van der Waals surface area contributed by atoms with Crippen molar-refractivity contribution < 1.29 is 27.6 Å². The smallest absolute Gasteiger partial charge is 0.293 e. The van der Waals surface area contributed by atoms with Crippen molar-refractivity contribution in [2.45, 2.75) is 10.9 Å². The molecule has 1 unspecified atom stereocenters. The van der Waals surface area contributed by atoms with Gasteiger partial charge < -0.3 is 14.2 Å². The van der Waals surface area contributed by atoms with Crippen molar-refractivity contribution in [1.29, 1.82) is 0 Å². The number of morpholine rings is 1. The molecule has 0 bridgehead atoms. The minimum atomic E-state index is -4.15. The fraction of sp³-hybridized carbons (Fsp3) is 0.400. The van der Waals surface area contributed by atoms with Crippen molar-refractivity contribution in [3.63, 3.8) is 0 Å². The van der Waals surface area contributed by atoms with E-state index in [1.165, 1.54) is 19.2 Å². The van der Waals surface area contributed by atoms with Gasteiger partial charge in [0.25, 0.3) is 5.69 Å². The van der Waals surface area contributed by atoms with Gasteiger partial charge in [0.1, 0.15) is 11.5 Å². The lowest BCUT2D eigenvalue weighted by Gasteiger charge is -2.35. The second-order valence-electron chi connectivity index (χ2n) is 6.88. The van der Waals surface area contributed by atoms with Gasteiger partial charge in [0.15, 0.2) is 4.90 Å². The topological polar surface area (TPSA) is 120 Å². The van der Waals surface area contributed by atoms with Crippen LogP contribution in [0.5, 0.6) is 11.5 Å². The lowest BCUT2D eigenvalue weighted by Crippen LogP contribution is -2.43. The van der Waals surface area contributed by atoms with Gasteiger partial charge in [0.2, 0.25) is 10.0 Å². The molecule has 10 nitrogen and oxygen atoms in total. The minimum absolute atomic E-state index is 0.0395. The molecule has 0 saturated carbocycles. The number of ether oxygens (including phenoxy) is 3. The first-order valence-electron chi connectivity index (χ1n) is 9.63. The quantitative estimate of drug-likeness (QED) is 0.454. The maximum atomic E-state index is 13.0. The SMILES string of the molecule is COc1ccc(C(CNS(=O)(=O)c2ccc(OC)cc2[N+](=O)[O-])N2CCOCC2)cc1. The van der Waals surface area contributed by atoms with Crippen LogP contribution in [0, 0.1) is 10.1 Å². The van der Waals surface area contributed by atoms with Crippen molar-refractivity contribution in [3.8, 4) is 11.5 Å². The molecule has 1 aliphatic rings. The third-order valence-corrected chi connectivity index (χ3v) is 6.58. The first-order chi connectivity index (χ1) is 14.9. The average Bonchev–Trinajstić information content (AvgIpc) is 2.79. The molecule has 1 aliphatic heterocycles. The van der Waals surface area contributed by atoms with Crippen molar-refractivity contribution in [3.05, 3.63) is 58.1 Å². The molecule has 0 amide bonds. The summed E-state index contributed by atoms with van der Waals surface area (Å²) in [5.74, 6) is 0.897. The number of sulfonamides is 1. The van der Waals surface area contributed by atoms with Crippen LogP contribution in [0.4, 0.5) is 5.69 Å². The van der Waals surface area contributed by atoms with E-state index in [0.29, 0.717) is 32.1 Å². The van der Waals surface area contributed by atoms with Gasteiger partial charge in [-0.15, -0.1) is 0 Å². The average molecular weight is 452 g/mol. The van der Waals surface area contributed by atoms with Crippen molar-refractivity contribution in [1.82, 2.24) is 9.62 Å². The molecule has 2 aromatic rings. The van der Waals surface area contributed by atoms with Gasteiger partial charge in [-0.2, -0.15) is 0 Å². The largest absolute Gasteiger partial charge is 0.497 e. The summed E-state index contributed by atoms with van der Waals surface area (Å²) in [5.41, 5.74) is 0.355. The van der Waals surface area contributed by atoms with E-state index in [4.69, 9.17) is 14.2 Å². The van der Waals surface area contributed by atoms with Crippen molar-refractivity contribution in [2.75, 3.05) is 47.1 Å². The van der Waals surface area contributed by atoms with Gasteiger partial charge in [-0.3, -0.25) is 15.0 Å². The number of nitrogens with zero attached hydrogens (tertiary/aromatic N) is 2. The molecule has 0 aromatic heterocycles. The molecular weight excluding hydrogens is 426 g/mol. The van der Waals surface area contributed by atoms with Crippen molar-refractivity contribution >= 4 is 15.7 Å². The van der Waals surface area contributed by atoms with Crippen LogP contribution in [0.3, 0.4) is 0 Å². The molecule has 1 heterocycles. The molecular formula is C20H25N3O7S. The van der Waals surface area contributed by atoms with Gasteiger partial charge in [-0.1, -0.05) is 12.1 Å². The third-order valence-electron chi connectivity index (χ3n) is 5.11. The molecule has 1 N–H and O–H groups in total. The van der Waals surface area contributed by atoms with Gasteiger partial charge in [-0.05, 0) is 29.8 Å². The highest BCUT2D eigenvalue weighted by atomic mass is 32.2. The zero-order chi connectivity index (χ0) is 22.4. The summed E-state index contributed by atoms with van der Waals surface area (Å²) in [7, 11) is -1.22. The zero-order valence-corrected chi connectivity index (χ0v) is 18.1. The van der Waals surface area contributed by atoms with E-state index < -0.39 is 25.5 Å². The predicted octanol–water partition coefficient (Wildman–Crippen LogP) is 1.96. The summed E-state index contributed by atoms with van der Waals surface area (Å²) >= 11 is 0. The molecule has 0 spiro atoms.